The standard InChI is InChI=1S/C22H20F3N3O4/c23-22(24,25)17(29)12-26-20(32)21-11-10-18(30)28(21)16-9-5-4-8-15(16)19(31)27(21)13-14-6-2-1-3-7-14/h1-9,17,29H,10-13H2,(H,26,32)/t17-,21-/m0/s1. The lowest BCUT2D eigenvalue weighted by Gasteiger charge is -2.49. The molecule has 2 aromatic rings. The van der Waals surface area contributed by atoms with Gasteiger partial charge in [-0.05, 0) is 17.7 Å². The molecule has 10 heteroatoms. The molecule has 2 aliphatic rings. The molecular formula is C22H20F3N3O4. The molecule has 3 amide bonds. The first-order chi connectivity index (χ1) is 15.2. The van der Waals surface area contributed by atoms with Gasteiger partial charge in [0.1, 0.15) is 0 Å². The number of amides is 3. The second kappa shape index (κ2) is 7.94. The molecule has 1 saturated heterocycles. The Labute approximate surface area is 181 Å². The number of carbonyl (C=O) groups is 3. The van der Waals surface area contributed by atoms with Crippen molar-refractivity contribution in [2.45, 2.75) is 37.3 Å². The van der Waals surface area contributed by atoms with Crippen LogP contribution in [0.1, 0.15) is 28.8 Å². The van der Waals surface area contributed by atoms with Crippen LogP contribution in [0.25, 0.3) is 0 Å². The van der Waals surface area contributed by atoms with Gasteiger partial charge in [-0.3, -0.25) is 19.3 Å². The molecule has 2 aliphatic heterocycles. The summed E-state index contributed by atoms with van der Waals surface area (Å²) in [5, 5.41) is 11.4. The van der Waals surface area contributed by atoms with E-state index < -0.39 is 42.2 Å². The zero-order valence-electron chi connectivity index (χ0n) is 16.8. The number of fused-ring (bicyclic) bond motifs is 3. The van der Waals surface area contributed by atoms with Crippen molar-refractivity contribution in [3.05, 3.63) is 65.7 Å². The molecule has 1 fully saturated rings. The van der Waals surface area contributed by atoms with Crippen LogP contribution in [-0.4, -0.2) is 52.2 Å². The van der Waals surface area contributed by atoms with Crippen molar-refractivity contribution >= 4 is 23.4 Å². The number of aliphatic hydroxyl groups is 1. The summed E-state index contributed by atoms with van der Waals surface area (Å²) in [5.41, 5.74) is -0.709. The maximum atomic E-state index is 13.5. The zero-order valence-corrected chi connectivity index (χ0v) is 16.8. The number of halogens is 3. The second-order valence-electron chi connectivity index (χ2n) is 7.71. The maximum Gasteiger partial charge on any atom is 0.416 e. The zero-order chi connectivity index (χ0) is 23.1. The van der Waals surface area contributed by atoms with E-state index in [1.54, 1.807) is 42.5 Å². The van der Waals surface area contributed by atoms with Crippen molar-refractivity contribution in [2.75, 3.05) is 11.4 Å². The Bertz CT molecular complexity index is 1060. The molecule has 0 saturated carbocycles. The highest BCUT2D eigenvalue weighted by Gasteiger charge is 2.60. The van der Waals surface area contributed by atoms with E-state index in [9.17, 15) is 32.7 Å². The van der Waals surface area contributed by atoms with Gasteiger partial charge in [-0.15, -0.1) is 0 Å². The van der Waals surface area contributed by atoms with Gasteiger partial charge in [0.15, 0.2) is 6.10 Å². The van der Waals surface area contributed by atoms with Gasteiger partial charge < -0.3 is 15.3 Å². The molecule has 0 aliphatic carbocycles. The number of anilines is 1. The average molecular weight is 447 g/mol. The molecule has 0 aromatic heterocycles. The van der Waals surface area contributed by atoms with Crippen LogP contribution >= 0.6 is 0 Å². The largest absolute Gasteiger partial charge is 0.416 e. The summed E-state index contributed by atoms with van der Waals surface area (Å²) in [5.74, 6) is -1.89. The lowest BCUT2D eigenvalue weighted by Crippen LogP contribution is -2.70. The van der Waals surface area contributed by atoms with Gasteiger partial charge >= 0.3 is 6.18 Å². The van der Waals surface area contributed by atoms with Crippen molar-refractivity contribution in [3.63, 3.8) is 0 Å². The minimum atomic E-state index is -4.92. The number of nitrogens with zero attached hydrogens (tertiary/aromatic N) is 2. The third-order valence-corrected chi connectivity index (χ3v) is 5.75. The van der Waals surface area contributed by atoms with Crippen LogP contribution in [0, 0.1) is 0 Å². The molecule has 0 spiro atoms. The Kier molecular flexibility index (Phi) is 5.41. The summed E-state index contributed by atoms with van der Waals surface area (Å²) in [6.07, 6.45) is -7.86. The van der Waals surface area contributed by atoms with E-state index in [1.807, 2.05) is 0 Å². The Hall–Kier alpha value is -3.40. The summed E-state index contributed by atoms with van der Waals surface area (Å²) in [7, 11) is 0. The van der Waals surface area contributed by atoms with Gasteiger partial charge in [-0.2, -0.15) is 13.2 Å². The molecule has 2 N–H and O–H groups in total. The molecule has 2 atom stereocenters. The van der Waals surface area contributed by atoms with E-state index in [1.165, 1.54) is 21.9 Å². The van der Waals surface area contributed by atoms with E-state index in [0.29, 0.717) is 5.56 Å². The van der Waals surface area contributed by atoms with Gasteiger partial charge in [0, 0.05) is 19.4 Å². The summed E-state index contributed by atoms with van der Waals surface area (Å²) in [6, 6.07) is 15.1. The summed E-state index contributed by atoms with van der Waals surface area (Å²) < 4.78 is 38.3. The molecule has 0 radical (unpaired) electrons. The minimum absolute atomic E-state index is 0.0347. The number of benzene rings is 2. The van der Waals surface area contributed by atoms with Crippen molar-refractivity contribution in [1.82, 2.24) is 10.2 Å². The van der Waals surface area contributed by atoms with Gasteiger partial charge in [0.25, 0.3) is 11.8 Å². The number of para-hydroxylation sites is 1. The third kappa shape index (κ3) is 3.50. The number of nitrogens with one attached hydrogen (secondary N) is 1. The van der Waals surface area contributed by atoms with Crippen LogP contribution < -0.4 is 10.2 Å². The second-order valence-corrected chi connectivity index (χ2v) is 7.71. The highest BCUT2D eigenvalue weighted by molar-refractivity contribution is 6.16. The van der Waals surface area contributed by atoms with Crippen LogP contribution in [0.2, 0.25) is 0 Å². The van der Waals surface area contributed by atoms with Crippen molar-refractivity contribution in [3.8, 4) is 0 Å². The number of carbonyl (C=O) groups excluding carboxylic acids is 3. The lowest BCUT2D eigenvalue weighted by atomic mass is 9.94. The fraction of sp³-hybridized carbons (Fsp3) is 0.318. The Morgan fingerprint density at radius 2 is 1.75 bits per heavy atom. The Morgan fingerprint density at radius 1 is 1.09 bits per heavy atom. The van der Waals surface area contributed by atoms with Gasteiger partial charge in [0.2, 0.25) is 11.6 Å². The number of hydrogen-bond donors (Lipinski definition) is 2. The predicted octanol–water partition coefficient (Wildman–Crippen LogP) is 2.21. The maximum absolute atomic E-state index is 13.5. The summed E-state index contributed by atoms with van der Waals surface area (Å²) in [6.45, 7) is -1.13. The molecule has 0 unspecified atom stereocenters. The molecule has 4 rings (SSSR count). The van der Waals surface area contributed by atoms with Crippen molar-refractivity contribution < 1.29 is 32.7 Å². The molecule has 168 valence electrons. The molecule has 32 heavy (non-hydrogen) atoms. The van der Waals surface area contributed by atoms with Crippen LogP contribution in [0.3, 0.4) is 0 Å². The van der Waals surface area contributed by atoms with Crippen LogP contribution in [-0.2, 0) is 16.1 Å². The van der Waals surface area contributed by atoms with Crippen LogP contribution in [0.5, 0.6) is 0 Å². The van der Waals surface area contributed by atoms with E-state index in [4.69, 9.17) is 0 Å². The van der Waals surface area contributed by atoms with E-state index in [0.717, 1.165) is 0 Å². The predicted molar refractivity (Wildman–Crippen MR) is 107 cm³/mol. The topological polar surface area (TPSA) is 90.0 Å². The molecular weight excluding hydrogens is 427 g/mol. The number of aliphatic hydroxyl groups excluding tert-OH is 1. The third-order valence-electron chi connectivity index (χ3n) is 5.75. The van der Waals surface area contributed by atoms with Crippen LogP contribution in [0.15, 0.2) is 54.6 Å². The lowest BCUT2D eigenvalue weighted by molar-refractivity contribution is -0.202. The van der Waals surface area contributed by atoms with E-state index >= 15 is 0 Å². The van der Waals surface area contributed by atoms with Crippen molar-refractivity contribution in [2.24, 2.45) is 0 Å². The molecule has 7 nitrogen and oxygen atoms in total. The SMILES string of the molecule is O=C1c2ccccc2N2C(=O)CC[C@]2(C(=O)NC[C@H](O)C(F)(F)F)N1Cc1ccccc1. The number of hydrogen-bond acceptors (Lipinski definition) is 4. The fourth-order valence-electron chi connectivity index (χ4n) is 4.22. The summed E-state index contributed by atoms with van der Waals surface area (Å²) >= 11 is 0. The average Bonchev–Trinajstić information content (AvgIpc) is 3.13. The molecule has 0 bridgehead atoms. The first kappa shape index (κ1) is 21.8. The first-order valence-corrected chi connectivity index (χ1v) is 9.97. The van der Waals surface area contributed by atoms with Crippen molar-refractivity contribution in [1.29, 1.82) is 0 Å². The fourth-order valence-corrected chi connectivity index (χ4v) is 4.22. The minimum Gasteiger partial charge on any atom is -0.382 e. The Morgan fingerprint density at radius 3 is 2.44 bits per heavy atom. The number of alkyl halides is 3. The van der Waals surface area contributed by atoms with Gasteiger partial charge in [-0.25, -0.2) is 0 Å². The monoisotopic (exact) mass is 447 g/mol. The Balaban J connectivity index is 1.78. The highest BCUT2D eigenvalue weighted by atomic mass is 19.4. The normalized spacial score (nSPS) is 21.2. The number of rotatable bonds is 5. The van der Waals surface area contributed by atoms with Crippen LogP contribution in [0.4, 0.5) is 18.9 Å². The highest BCUT2D eigenvalue weighted by Crippen LogP contribution is 2.45. The summed E-state index contributed by atoms with van der Waals surface area (Å²) in [4.78, 5) is 42.1. The molecule has 2 heterocycles. The van der Waals surface area contributed by atoms with Gasteiger partial charge in [-0.1, -0.05) is 42.5 Å². The smallest absolute Gasteiger partial charge is 0.382 e. The quantitative estimate of drug-likeness (QED) is 0.736. The first-order valence-electron chi connectivity index (χ1n) is 9.97. The molecule has 2 aromatic carbocycles. The van der Waals surface area contributed by atoms with E-state index in [-0.39, 0.29) is 30.6 Å². The van der Waals surface area contributed by atoms with E-state index in [2.05, 4.69) is 5.32 Å². The van der Waals surface area contributed by atoms with Gasteiger partial charge in [0.05, 0.1) is 17.8 Å².